The Morgan fingerprint density at radius 2 is 2.14 bits per heavy atom. The lowest BCUT2D eigenvalue weighted by Crippen LogP contribution is -2.25. The number of methoxy groups -OCH3 is 1. The summed E-state index contributed by atoms with van der Waals surface area (Å²) in [5.41, 5.74) is 1.96. The van der Waals surface area contributed by atoms with Gasteiger partial charge in [0.2, 0.25) is 0 Å². The molecule has 0 atom stereocenters. The van der Waals surface area contributed by atoms with E-state index in [2.05, 4.69) is 5.32 Å². The van der Waals surface area contributed by atoms with E-state index in [0.717, 1.165) is 5.56 Å². The minimum absolute atomic E-state index is 0.197. The van der Waals surface area contributed by atoms with Crippen LogP contribution in [0, 0.1) is 11.3 Å². The molecular formula is C17H15ClN2O2. The maximum atomic E-state index is 12.0. The highest BCUT2D eigenvalue weighted by molar-refractivity contribution is 6.32. The lowest BCUT2D eigenvalue weighted by molar-refractivity contribution is 0.0954. The zero-order valence-corrected chi connectivity index (χ0v) is 12.9. The lowest BCUT2D eigenvalue weighted by Gasteiger charge is -2.08. The van der Waals surface area contributed by atoms with Crippen molar-refractivity contribution in [1.29, 1.82) is 5.26 Å². The predicted octanol–water partition coefficient (Wildman–Crippen LogP) is 3.19. The van der Waals surface area contributed by atoms with Gasteiger partial charge in [0.25, 0.3) is 5.91 Å². The van der Waals surface area contributed by atoms with E-state index in [1.807, 2.05) is 18.2 Å². The lowest BCUT2D eigenvalue weighted by atomic mass is 10.1. The number of nitrogens with one attached hydrogen (secondary N) is 1. The number of hydrogen-bond donors (Lipinski definition) is 1. The number of rotatable bonds is 5. The third kappa shape index (κ3) is 4.00. The Morgan fingerprint density at radius 1 is 1.32 bits per heavy atom. The molecule has 0 saturated carbocycles. The molecule has 1 N–H and O–H groups in total. The molecule has 0 aliphatic carbocycles. The Hall–Kier alpha value is -2.51. The summed E-state index contributed by atoms with van der Waals surface area (Å²) in [4.78, 5) is 12.0. The fourth-order valence-electron chi connectivity index (χ4n) is 2.02. The van der Waals surface area contributed by atoms with Crippen molar-refractivity contribution in [3.05, 3.63) is 64.2 Å². The summed E-state index contributed by atoms with van der Waals surface area (Å²) >= 11 is 6.06. The second kappa shape index (κ2) is 7.48. The normalized spacial score (nSPS) is 9.86. The number of carbonyl (C=O) groups excluding carboxylic acids is 1. The number of halogens is 1. The molecule has 0 unspecified atom stereocenters. The van der Waals surface area contributed by atoms with E-state index in [4.69, 9.17) is 21.6 Å². The Balaban J connectivity index is 1.92. The summed E-state index contributed by atoms with van der Waals surface area (Å²) < 4.78 is 5.09. The molecule has 0 spiro atoms. The molecule has 22 heavy (non-hydrogen) atoms. The molecule has 0 aliphatic rings. The Morgan fingerprint density at radius 3 is 2.82 bits per heavy atom. The summed E-state index contributed by atoms with van der Waals surface area (Å²) in [6.45, 7) is 0.484. The van der Waals surface area contributed by atoms with Gasteiger partial charge in [0.1, 0.15) is 5.75 Å². The monoisotopic (exact) mass is 314 g/mol. The van der Waals surface area contributed by atoms with Crippen molar-refractivity contribution in [2.45, 2.75) is 6.42 Å². The van der Waals surface area contributed by atoms with Gasteiger partial charge in [-0.15, -0.1) is 0 Å². The first-order valence-corrected chi connectivity index (χ1v) is 7.12. The van der Waals surface area contributed by atoms with Crippen LogP contribution in [0.3, 0.4) is 0 Å². The molecule has 0 fully saturated rings. The zero-order valence-electron chi connectivity index (χ0n) is 12.1. The molecule has 0 saturated heterocycles. The van der Waals surface area contributed by atoms with E-state index < -0.39 is 0 Å². The number of nitrogens with zero attached hydrogens (tertiary/aromatic N) is 1. The average Bonchev–Trinajstić information content (AvgIpc) is 2.55. The van der Waals surface area contributed by atoms with Crippen LogP contribution in [0.5, 0.6) is 5.75 Å². The molecular weight excluding hydrogens is 300 g/mol. The number of ether oxygens (including phenoxy) is 1. The van der Waals surface area contributed by atoms with Crippen LogP contribution in [0.4, 0.5) is 0 Å². The Labute approximate surface area is 134 Å². The summed E-state index contributed by atoms with van der Waals surface area (Å²) in [5.74, 6) is 0.430. The van der Waals surface area contributed by atoms with E-state index in [-0.39, 0.29) is 5.91 Å². The maximum absolute atomic E-state index is 12.0. The molecule has 5 heteroatoms. The Kier molecular flexibility index (Phi) is 5.40. The average molecular weight is 315 g/mol. The number of amides is 1. The van der Waals surface area contributed by atoms with Crippen LogP contribution in [0.2, 0.25) is 5.02 Å². The fourth-order valence-corrected chi connectivity index (χ4v) is 2.30. The van der Waals surface area contributed by atoms with Gasteiger partial charge in [-0.25, -0.2) is 0 Å². The number of carbonyl (C=O) groups is 1. The standard InChI is InChI=1S/C17H15ClN2O2/c1-22-16-6-5-12(10-15(16)18)7-8-20-17(21)14-4-2-3-13(9-14)11-19/h2-6,9-10H,7-8H2,1H3,(H,20,21). The largest absolute Gasteiger partial charge is 0.495 e. The van der Waals surface area contributed by atoms with Crippen molar-refractivity contribution >= 4 is 17.5 Å². The highest BCUT2D eigenvalue weighted by Gasteiger charge is 2.06. The van der Waals surface area contributed by atoms with Crippen LogP contribution in [-0.2, 0) is 6.42 Å². The smallest absolute Gasteiger partial charge is 0.251 e. The van der Waals surface area contributed by atoms with Crippen molar-refractivity contribution < 1.29 is 9.53 Å². The second-order valence-corrected chi connectivity index (χ2v) is 5.07. The van der Waals surface area contributed by atoms with E-state index in [1.54, 1.807) is 37.4 Å². The fraction of sp³-hybridized carbons (Fsp3) is 0.176. The van der Waals surface area contributed by atoms with Crippen molar-refractivity contribution in [2.24, 2.45) is 0 Å². The minimum Gasteiger partial charge on any atom is -0.495 e. The van der Waals surface area contributed by atoms with Crippen molar-refractivity contribution in [2.75, 3.05) is 13.7 Å². The third-order valence-electron chi connectivity index (χ3n) is 3.17. The van der Waals surface area contributed by atoms with E-state index in [9.17, 15) is 4.79 Å². The van der Waals surface area contributed by atoms with Crippen molar-refractivity contribution in [3.63, 3.8) is 0 Å². The molecule has 1 amide bonds. The molecule has 0 aromatic heterocycles. The highest BCUT2D eigenvalue weighted by Crippen LogP contribution is 2.24. The van der Waals surface area contributed by atoms with Crippen LogP contribution in [0.25, 0.3) is 0 Å². The Bertz CT molecular complexity index is 723. The number of hydrogen-bond acceptors (Lipinski definition) is 3. The quantitative estimate of drug-likeness (QED) is 0.922. The topological polar surface area (TPSA) is 62.1 Å². The molecule has 2 rings (SSSR count). The van der Waals surface area contributed by atoms with Gasteiger partial charge in [-0.2, -0.15) is 5.26 Å². The van der Waals surface area contributed by atoms with Gasteiger partial charge in [0.05, 0.1) is 23.8 Å². The molecule has 0 radical (unpaired) electrons. The SMILES string of the molecule is COc1ccc(CCNC(=O)c2cccc(C#N)c2)cc1Cl. The first kappa shape index (κ1) is 15.9. The number of nitriles is 1. The summed E-state index contributed by atoms with van der Waals surface area (Å²) in [5, 5.41) is 12.2. The first-order chi connectivity index (χ1) is 10.6. The van der Waals surface area contributed by atoms with Crippen LogP contribution in [0.15, 0.2) is 42.5 Å². The summed E-state index contributed by atoms with van der Waals surface area (Å²) in [6.07, 6.45) is 0.660. The van der Waals surface area contributed by atoms with Crippen molar-refractivity contribution in [3.8, 4) is 11.8 Å². The molecule has 2 aromatic rings. The first-order valence-electron chi connectivity index (χ1n) is 6.75. The van der Waals surface area contributed by atoms with E-state index >= 15 is 0 Å². The van der Waals surface area contributed by atoms with Gasteiger partial charge < -0.3 is 10.1 Å². The van der Waals surface area contributed by atoms with Crippen LogP contribution < -0.4 is 10.1 Å². The third-order valence-corrected chi connectivity index (χ3v) is 3.46. The minimum atomic E-state index is -0.197. The van der Waals surface area contributed by atoms with E-state index in [0.29, 0.717) is 34.9 Å². The van der Waals surface area contributed by atoms with Crippen LogP contribution >= 0.6 is 11.6 Å². The highest BCUT2D eigenvalue weighted by atomic mass is 35.5. The molecule has 0 bridgehead atoms. The van der Waals surface area contributed by atoms with Gasteiger partial charge >= 0.3 is 0 Å². The second-order valence-electron chi connectivity index (χ2n) is 4.67. The number of benzene rings is 2. The van der Waals surface area contributed by atoms with Crippen LogP contribution in [-0.4, -0.2) is 19.6 Å². The van der Waals surface area contributed by atoms with Gasteiger partial charge in [0.15, 0.2) is 0 Å². The predicted molar refractivity (Wildman–Crippen MR) is 85.2 cm³/mol. The summed E-state index contributed by atoms with van der Waals surface area (Å²) in [7, 11) is 1.57. The van der Waals surface area contributed by atoms with Crippen LogP contribution in [0.1, 0.15) is 21.5 Å². The molecule has 0 aliphatic heterocycles. The van der Waals surface area contributed by atoms with Gasteiger partial charge in [-0.1, -0.05) is 23.7 Å². The van der Waals surface area contributed by atoms with Gasteiger partial charge in [-0.05, 0) is 42.3 Å². The molecule has 2 aromatic carbocycles. The van der Waals surface area contributed by atoms with Gasteiger partial charge in [0, 0.05) is 12.1 Å². The summed E-state index contributed by atoms with van der Waals surface area (Å²) in [6, 6.07) is 14.2. The van der Waals surface area contributed by atoms with E-state index in [1.165, 1.54) is 0 Å². The van der Waals surface area contributed by atoms with Crippen molar-refractivity contribution in [1.82, 2.24) is 5.32 Å². The zero-order chi connectivity index (χ0) is 15.9. The van der Waals surface area contributed by atoms with Gasteiger partial charge in [-0.3, -0.25) is 4.79 Å². The molecule has 0 heterocycles. The maximum Gasteiger partial charge on any atom is 0.251 e. The molecule has 4 nitrogen and oxygen atoms in total. The molecule has 112 valence electrons.